The van der Waals surface area contributed by atoms with Gasteiger partial charge in [0, 0.05) is 25.1 Å². The summed E-state index contributed by atoms with van der Waals surface area (Å²) in [4.78, 5) is 51.2. The number of benzene rings is 4. The van der Waals surface area contributed by atoms with Crippen LogP contribution in [0, 0.1) is 0 Å². The van der Waals surface area contributed by atoms with Crippen LogP contribution in [0.2, 0.25) is 0 Å². The van der Waals surface area contributed by atoms with Gasteiger partial charge >= 0.3 is 0 Å². The van der Waals surface area contributed by atoms with Crippen LogP contribution in [0.1, 0.15) is 37.4 Å². The molecule has 0 spiro atoms. The summed E-state index contributed by atoms with van der Waals surface area (Å²) in [5.74, 6) is -2.36. The highest BCUT2D eigenvalue weighted by Gasteiger charge is 2.20. The van der Waals surface area contributed by atoms with E-state index in [-0.39, 0.29) is 35.7 Å². The van der Waals surface area contributed by atoms with Crippen LogP contribution in [0.3, 0.4) is 0 Å². The van der Waals surface area contributed by atoms with Crippen molar-refractivity contribution in [2.24, 2.45) is 0 Å². The molecule has 4 rings (SSSR count). The third kappa shape index (κ3) is 7.24. The van der Waals surface area contributed by atoms with E-state index in [0.717, 1.165) is 11.1 Å². The van der Waals surface area contributed by atoms with Gasteiger partial charge in [0.15, 0.2) is 0 Å². The van der Waals surface area contributed by atoms with Crippen molar-refractivity contribution in [1.82, 2.24) is 10.6 Å². The standard InChI is InChI=1S/C31H27N3O4/c35-28(18-22-10-4-1-5-11-22)31(38)34-27-19-25(29(36)32-20-23-12-6-2-7-13-23)16-17-26(27)30(37)33-21-24-14-8-3-9-15-24/h1-17,19H,18,20-21H2,(H,32,36)(H,33,37)(H,34,38). The van der Waals surface area contributed by atoms with Crippen molar-refractivity contribution in [2.45, 2.75) is 19.5 Å². The van der Waals surface area contributed by atoms with Crippen molar-refractivity contribution in [2.75, 3.05) is 5.32 Å². The highest BCUT2D eigenvalue weighted by molar-refractivity contribution is 6.41. The molecule has 0 radical (unpaired) electrons. The van der Waals surface area contributed by atoms with E-state index in [4.69, 9.17) is 0 Å². The van der Waals surface area contributed by atoms with E-state index < -0.39 is 17.6 Å². The van der Waals surface area contributed by atoms with E-state index in [0.29, 0.717) is 12.1 Å². The third-order valence-corrected chi connectivity index (χ3v) is 5.83. The molecule has 0 aliphatic heterocycles. The number of ketones is 1. The molecule has 7 nitrogen and oxygen atoms in total. The van der Waals surface area contributed by atoms with E-state index in [1.807, 2.05) is 66.7 Å². The molecule has 0 saturated carbocycles. The summed E-state index contributed by atoms with van der Waals surface area (Å²) < 4.78 is 0. The van der Waals surface area contributed by atoms with E-state index >= 15 is 0 Å². The Morgan fingerprint density at radius 2 is 1.05 bits per heavy atom. The number of nitrogens with one attached hydrogen (secondary N) is 3. The lowest BCUT2D eigenvalue weighted by Crippen LogP contribution is -2.29. The average Bonchev–Trinajstić information content (AvgIpc) is 2.96. The summed E-state index contributed by atoms with van der Waals surface area (Å²) in [7, 11) is 0. The van der Waals surface area contributed by atoms with Crippen LogP contribution in [-0.2, 0) is 29.1 Å². The molecule has 0 bridgehead atoms. The minimum absolute atomic E-state index is 0.0781. The molecule has 3 amide bonds. The number of rotatable bonds is 10. The predicted octanol–water partition coefficient (Wildman–Crippen LogP) is 4.30. The molecule has 0 aromatic heterocycles. The first kappa shape index (κ1) is 26.0. The van der Waals surface area contributed by atoms with Gasteiger partial charge in [-0.05, 0) is 34.9 Å². The summed E-state index contributed by atoms with van der Waals surface area (Å²) in [6.45, 7) is 0.593. The zero-order valence-corrected chi connectivity index (χ0v) is 20.6. The maximum absolute atomic E-state index is 13.0. The predicted molar refractivity (Wildman–Crippen MR) is 145 cm³/mol. The second kappa shape index (κ2) is 12.8. The molecule has 0 atom stereocenters. The summed E-state index contributed by atoms with van der Waals surface area (Å²) in [6.07, 6.45) is -0.0839. The Balaban J connectivity index is 1.52. The fraction of sp³-hybridized carbons (Fsp3) is 0.0968. The molecule has 190 valence electrons. The molecule has 0 heterocycles. The number of hydrogen-bond acceptors (Lipinski definition) is 4. The Hall–Kier alpha value is -5.04. The number of Topliss-reactive ketones (excluding diaryl/α,β-unsaturated/α-hetero) is 1. The van der Waals surface area contributed by atoms with Gasteiger partial charge in [0.1, 0.15) is 0 Å². The van der Waals surface area contributed by atoms with Crippen molar-refractivity contribution in [3.05, 3.63) is 137 Å². The van der Waals surface area contributed by atoms with Crippen molar-refractivity contribution in [3.63, 3.8) is 0 Å². The fourth-order valence-electron chi connectivity index (χ4n) is 3.79. The Morgan fingerprint density at radius 3 is 1.61 bits per heavy atom. The largest absolute Gasteiger partial charge is 0.348 e. The topological polar surface area (TPSA) is 104 Å². The molecular weight excluding hydrogens is 478 g/mol. The molecular formula is C31H27N3O4. The SMILES string of the molecule is O=C(Cc1ccccc1)C(=O)Nc1cc(C(=O)NCc2ccccc2)ccc1C(=O)NCc1ccccc1. The molecule has 0 aliphatic carbocycles. The Bertz CT molecular complexity index is 1420. The Labute approximate surface area is 220 Å². The Kier molecular flexibility index (Phi) is 8.76. The van der Waals surface area contributed by atoms with Gasteiger partial charge in [0.2, 0.25) is 5.78 Å². The summed E-state index contributed by atoms with van der Waals surface area (Å²) in [6, 6.07) is 32.1. The molecule has 38 heavy (non-hydrogen) atoms. The van der Waals surface area contributed by atoms with Gasteiger partial charge < -0.3 is 16.0 Å². The molecule has 4 aromatic carbocycles. The van der Waals surface area contributed by atoms with Crippen molar-refractivity contribution in [1.29, 1.82) is 0 Å². The van der Waals surface area contributed by atoms with Gasteiger partial charge in [0.25, 0.3) is 17.7 Å². The monoisotopic (exact) mass is 505 g/mol. The van der Waals surface area contributed by atoms with E-state index in [1.54, 1.807) is 24.3 Å². The number of anilines is 1. The van der Waals surface area contributed by atoms with Gasteiger partial charge in [-0.2, -0.15) is 0 Å². The van der Waals surface area contributed by atoms with Crippen molar-refractivity contribution >= 4 is 29.2 Å². The lowest BCUT2D eigenvalue weighted by Gasteiger charge is -2.14. The smallest absolute Gasteiger partial charge is 0.292 e. The van der Waals surface area contributed by atoms with Crippen LogP contribution in [0.5, 0.6) is 0 Å². The van der Waals surface area contributed by atoms with Gasteiger partial charge in [-0.1, -0.05) is 91.0 Å². The molecule has 7 heteroatoms. The van der Waals surface area contributed by atoms with Crippen LogP contribution in [0.15, 0.2) is 109 Å². The number of carbonyl (C=O) groups excluding carboxylic acids is 4. The van der Waals surface area contributed by atoms with Crippen LogP contribution >= 0.6 is 0 Å². The minimum atomic E-state index is -0.868. The van der Waals surface area contributed by atoms with E-state index in [2.05, 4.69) is 16.0 Å². The van der Waals surface area contributed by atoms with Crippen LogP contribution in [0.25, 0.3) is 0 Å². The highest BCUT2D eigenvalue weighted by atomic mass is 16.2. The number of carbonyl (C=O) groups is 4. The van der Waals surface area contributed by atoms with Gasteiger partial charge in [-0.25, -0.2) is 0 Å². The van der Waals surface area contributed by atoms with Gasteiger partial charge in [-0.15, -0.1) is 0 Å². The summed E-state index contributed by atoms with van der Waals surface area (Å²) in [5, 5.41) is 8.19. The second-order valence-electron chi connectivity index (χ2n) is 8.64. The molecule has 3 N–H and O–H groups in total. The summed E-state index contributed by atoms with van der Waals surface area (Å²) >= 11 is 0. The van der Waals surface area contributed by atoms with Gasteiger partial charge in [-0.3, -0.25) is 19.2 Å². The minimum Gasteiger partial charge on any atom is -0.348 e. The third-order valence-electron chi connectivity index (χ3n) is 5.83. The number of amides is 3. The Morgan fingerprint density at radius 1 is 0.553 bits per heavy atom. The van der Waals surface area contributed by atoms with E-state index in [1.165, 1.54) is 18.2 Å². The second-order valence-corrected chi connectivity index (χ2v) is 8.64. The van der Waals surface area contributed by atoms with Crippen molar-refractivity contribution < 1.29 is 19.2 Å². The molecule has 4 aromatic rings. The first-order valence-corrected chi connectivity index (χ1v) is 12.2. The molecule has 0 fully saturated rings. The molecule has 0 saturated heterocycles. The lowest BCUT2D eigenvalue weighted by molar-refractivity contribution is -0.134. The molecule has 0 aliphatic rings. The zero-order chi connectivity index (χ0) is 26.7. The normalized spacial score (nSPS) is 10.3. The molecule has 0 unspecified atom stereocenters. The summed E-state index contributed by atoms with van der Waals surface area (Å²) in [5.41, 5.74) is 2.99. The maximum Gasteiger partial charge on any atom is 0.292 e. The zero-order valence-electron chi connectivity index (χ0n) is 20.6. The first-order chi connectivity index (χ1) is 18.5. The first-order valence-electron chi connectivity index (χ1n) is 12.2. The lowest BCUT2D eigenvalue weighted by atomic mass is 10.1. The number of hydrogen-bond donors (Lipinski definition) is 3. The average molecular weight is 506 g/mol. The van der Waals surface area contributed by atoms with Crippen LogP contribution in [0.4, 0.5) is 5.69 Å². The quantitative estimate of drug-likeness (QED) is 0.280. The van der Waals surface area contributed by atoms with Gasteiger partial charge in [0.05, 0.1) is 11.3 Å². The van der Waals surface area contributed by atoms with E-state index in [9.17, 15) is 19.2 Å². The van der Waals surface area contributed by atoms with Crippen LogP contribution in [-0.4, -0.2) is 23.5 Å². The van der Waals surface area contributed by atoms with Crippen LogP contribution < -0.4 is 16.0 Å². The van der Waals surface area contributed by atoms with Crippen molar-refractivity contribution in [3.8, 4) is 0 Å². The maximum atomic E-state index is 13.0. The fourth-order valence-corrected chi connectivity index (χ4v) is 3.79. The highest BCUT2D eigenvalue weighted by Crippen LogP contribution is 2.19.